The van der Waals surface area contributed by atoms with Crippen molar-refractivity contribution in [3.8, 4) is 0 Å². The highest BCUT2D eigenvalue weighted by molar-refractivity contribution is 9.10. The fraction of sp³-hybridized carbons (Fsp3) is 0.167. The van der Waals surface area contributed by atoms with E-state index < -0.39 is 0 Å². The van der Waals surface area contributed by atoms with Gasteiger partial charge in [-0.15, -0.1) is 0 Å². The molecule has 1 N–H and O–H groups in total. The van der Waals surface area contributed by atoms with Gasteiger partial charge in [0.1, 0.15) is 5.82 Å². The van der Waals surface area contributed by atoms with Gasteiger partial charge in [-0.2, -0.15) is 0 Å². The first-order valence-electron chi connectivity index (χ1n) is 7.49. The number of hydrogen-bond donors (Lipinski definition) is 1. The molecule has 0 fully saturated rings. The van der Waals surface area contributed by atoms with Crippen LogP contribution in [0.25, 0.3) is 10.9 Å². The molecule has 6 heteroatoms. The average Bonchev–Trinajstić information content (AvgIpc) is 2.57. The molecule has 5 nitrogen and oxygen atoms in total. The first-order chi connectivity index (χ1) is 11.5. The molecule has 0 aliphatic rings. The van der Waals surface area contributed by atoms with Gasteiger partial charge in [0, 0.05) is 11.5 Å². The Hall–Kier alpha value is -2.47. The number of aromatic nitrogens is 2. The maximum atomic E-state index is 12.3. The molecule has 1 aromatic heterocycles. The van der Waals surface area contributed by atoms with E-state index in [9.17, 15) is 9.59 Å². The Morgan fingerprint density at radius 3 is 2.62 bits per heavy atom. The Morgan fingerprint density at radius 2 is 1.88 bits per heavy atom. The summed E-state index contributed by atoms with van der Waals surface area (Å²) in [5, 5.41) is 0.546. The van der Waals surface area contributed by atoms with Crippen molar-refractivity contribution >= 4 is 32.7 Å². The lowest BCUT2D eigenvalue weighted by atomic mass is 10.1. The summed E-state index contributed by atoms with van der Waals surface area (Å²) in [6.07, 6.45) is 0.307. The van der Waals surface area contributed by atoms with Gasteiger partial charge in [0.15, 0.2) is 0 Å². The number of carbonyl (C=O) groups excluding carboxylic acids is 1. The summed E-state index contributed by atoms with van der Waals surface area (Å²) in [6.45, 7) is 0.259. The number of carbonyl (C=O) groups is 1. The fourth-order valence-electron chi connectivity index (χ4n) is 2.43. The zero-order valence-corrected chi connectivity index (χ0v) is 14.7. The molecule has 0 spiro atoms. The van der Waals surface area contributed by atoms with Gasteiger partial charge in [-0.05, 0) is 29.8 Å². The van der Waals surface area contributed by atoms with E-state index in [0.717, 1.165) is 10.0 Å². The molecule has 1 amide bonds. The number of halogens is 1. The van der Waals surface area contributed by atoms with E-state index in [-0.39, 0.29) is 18.0 Å². The molecule has 0 bridgehead atoms. The van der Waals surface area contributed by atoms with E-state index >= 15 is 0 Å². The largest absolute Gasteiger partial charge is 0.338 e. The second-order valence-corrected chi connectivity index (χ2v) is 6.50. The summed E-state index contributed by atoms with van der Waals surface area (Å²) < 4.78 is 0.977. The predicted molar refractivity (Wildman–Crippen MR) is 96.7 cm³/mol. The van der Waals surface area contributed by atoms with Crippen LogP contribution in [0.4, 0.5) is 0 Å². The van der Waals surface area contributed by atoms with Crippen LogP contribution in [0, 0.1) is 0 Å². The molecule has 0 aliphatic carbocycles. The van der Waals surface area contributed by atoms with Crippen molar-refractivity contribution < 1.29 is 4.79 Å². The van der Waals surface area contributed by atoms with Gasteiger partial charge >= 0.3 is 0 Å². The summed E-state index contributed by atoms with van der Waals surface area (Å²) in [6, 6.07) is 14.8. The van der Waals surface area contributed by atoms with Gasteiger partial charge < -0.3 is 9.88 Å². The van der Waals surface area contributed by atoms with E-state index in [0.29, 0.717) is 23.1 Å². The SMILES string of the molecule is CN(Cc1nc2ccccc2c(=O)[nH]1)C(=O)Cc1ccc(Br)cc1. The number of benzene rings is 2. The summed E-state index contributed by atoms with van der Waals surface area (Å²) in [4.78, 5) is 33.1. The molecule has 3 rings (SSSR count). The molecular formula is C18H16BrN3O2. The van der Waals surface area contributed by atoms with Crippen molar-refractivity contribution in [1.29, 1.82) is 0 Å². The lowest BCUT2D eigenvalue weighted by Gasteiger charge is -2.17. The molecule has 0 saturated carbocycles. The third kappa shape index (κ3) is 3.71. The van der Waals surface area contributed by atoms with E-state index in [1.165, 1.54) is 0 Å². The van der Waals surface area contributed by atoms with Gasteiger partial charge in [-0.3, -0.25) is 9.59 Å². The Morgan fingerprint density at radius 1 is 1.17 bits per heavy atom. The van der Waals surface area contributed by atoms with Crippen LogP contribution in [0.5, 0.6) is 0 Å². The van der Waals surface area contributed by atoms with Gasteiger partial charge in [0.05, 0.1) is 23.9 Å². The lowest BCUT2D eigenvalue weighted by Crippen LogP contribution is -2.29. The van der Waals surface area contributed by atoms with E-state index in [2.05, 4.69) is 25.9 Å². The molecule has 2 aromatic carbocycles. The molecule has 24 heavy (non-hydrogen) atoms. The Balaban J connectivity index is 1.74. The van der Waals surface area contributed by atoms with Crippen LogP contribution in [-0.2, 0) is 17.8 Å². The van der Waals surface area contributed by atoms with Gasteiger partial charge in [-0.1, -0.05) is 40.2 Å². The number of H-pyrrole nitrogens is 1. The van der Waals surface area contributed by atoms with Crippen LogP contribution in [0.15, 0.2) is 57.8 Å². The number of aromatic amines is 1. The number of amides is 1. The third-order valence-electron chi connectivity index (χ3n) is 3.74. The van der Waals surface area contributed by atoms with E-state index in [1.807, 2.05) is 30.3 Å². The number of rotatable bonds is 4. The molecular weight excluding hydrogens is 370 g/mol. The highest BCUT2D eigenvalue weighted by Gasteiger charge is 2.12. The number of para-hydroxylation sites is 1. The molecule has 122 valence electrons. The first kappa shape index (κ1) is 16.4. The van der Waals surface area contributed by atoms with Crippen molar-refractivity contribution in [1.82, 2.24) is 14.9 Å². The average molecular weight is 386 g/mol. The number of fused-ring (bicyclic) bond motifs is 1. The van der Waals surface area contributed by atoms with Gasteiger partial charge in [0.25, 0.3) is 5.56 Å². The minimum absolute atomic E-state index is 0.0341. The Labute approximate surface area is 147 Å². The second-order valence-electron chi connectivity index (χ2n) is 5.58. The molecule has 0 aliphatic heterocycles. The lowest BCUT2D eigenvalue weighted by molar-refractivity contribution is -0.129. The summed E-state index contributed by atoms with van der Waals surface area (Å²) in [7, 11) is 1.70. The predicted octanol–water partition coefficient (Wildman–Crippen LogP) is 2.89. The minimum Gasteiger partial charge on any atom is -0.338 e. The van der Waals surface area contributed by atoms with Crippen LogP contribution in [-0.4, -0.2) is 27.8 Å². The number of hydrogen-bond acceptors (Lipinski definition) is 3. The number of likely N-dealkylation sites (N-methyl/N-ethyl adjacent to an activating group) is 1. The molecule has 0 saturated heterocycles. The topological polar surface area (TPSA) is 66.1 Å². The molecule has 1 heterocycles. The normalized spacial score (nSPS) is 10.8. The quantitative estimate of drug-likeness (QED) is 0.750. The van der Waals surface area contributed by atoms with Crippen molar-refractivity contribution in [2.45, 2.75) is 13.0 Å². The molecule has 0 atom stereocenters. The first-order valence-corrected chi connectivity index (χ1v) is 8.28. The summed E-state index contributed by atoms with van der Waals surface area (Å²) in [5.41, 5.74) is 1.38. The van der Waals surface area contributed by atoms with Gasteiger partial charge in [0.2, 0.25) is 5.91 Å². The molecule has 3 aromatic rings. The standard InChI is InChI=1S/C18H16BrN3O2/c1-22(17(23)10-12-6-8-13(19)9-7-12)11-16-20-15-5-3-2-4-14(15)18(24)21-16/h2-9H,10-11H2,1H3,(H,20,21,24). The van der Waals surface area contributed by atoms with Crippen molar-refractivity contribution in [2.75, 3.05) is 7.05 Å². The smallest absolute Gasteiger partial charge is 0.258 e. The fourth-order valence-corrected chi connectivity index (χ4v) is 2.70. The maximum absolute atomic E-state index is 12.3. The summed E-state index contributed by atoms with van der Waals surface area (Å²) in [5.74, 6) is 0.443. The number of nitrogens with zero attached hydrogens (tertiary/aromatic N) is 2. The summed E-state index contributed by atoms with van der Waals surface area (Å²) >= 11 is 3.37. The van der Waals surface area contributed by atoms with Crippen LogP contribution in [0.3, 0.4) is 0 Å². The van der Waals surface area contributed by atoms with Crippen LogP contribution in [0.2, 0.25) is 0 Å². The highest BCUT2D eigenvalue weighted by atomic mass is 79.9. The monoisotopic (exact) mass is 385 g/mol. The highest BCUT2D eigenvalue weighted by Crippen LogP contribution is 2.12. The van der Waals surface area contributed by atoms with Gasteiger partial charge in [-0.25, -0.2) is 4.98 Å². The minimum atomic E-state index is -0.190. The zero-order valence-electron chi connectivity index (χ0n) is 13.1. The van der Waals surface area contributed by atoms with Crippen LogP contribution >= 0.6 is 15.9 Å². The zero-order chi connectivity index (χ0) is 17.1. The Bertz CT molecular complexity index is 935. The third-order valence-corrected chi connectivity index (χ3v) is 4.27. The maximum Gasteiger partial charge on any atom is 0.258 e. The molecule has 0 radical (unpaired) electrons. The molecule has 0 unspecified atom stereocenters. The van der Waals surface area contributed by atoms with E-state index in [1.54, 1.807) is 30.1 Å². The Kier molecular flexibility index (Phi) is 4.76. The van der Waals surface area contributed by atoms with Crippen molar-refractivity contribution in [3.05, 3.63) is 74.7 Å². The van der Waals surface area contributed by atoms with Crippen LogP contribution in [0.1, 0.15) is 11.4 Å². The second kappa shape index (κ2) is 6.97. The number of nitrogens with one attached hydrogen (secondary N) is 1. The van der Waals surface area contributed by atoms with Crippen molar-refractivity contribution in [2.24, 2.45) is 0 Å². The van der Waals surface area contributed by atoms with Crippen molar-refractivity contribution in [3.63, 3.8) is 0 Å². The van der Waals surface area contributed by atoms with Crippen LogP contribution < -0.4 is 5.56 Å². The van der Waals surface area contributed by atoms with E-state index in [4.69, 9.17) is 0 Å².